The largest absolute Gasteiger partial charge is 0.504 e. The molecular weight excluding hydrogens is 184 g/mol. The summed E-state index contributed by atoms with van der Waals surface area (Å²) >= 11 is 0. The first-order valence-electron chi connectivity index (χ1n) is 4.30. The van der Waals surface area contributed by atoms with Crippen LogP contribution in [0, 0.1) is 0 Å². The van der Waals surface area contributed by atoms with Gasteiger partial charge in [-0.2, -0.15) is 0 Å². The number of hydrogen-bond acceptors (Lipinski definition) is 3. The van der Waals surface area contributed by atoms with Gasteiger partial charge in [0.05, 0.1) is 5.60 Å². The maximum atomic E-state index is 5.79. The second-order valence-electron chi connectivity index (χ2n) is 3.80. The van der Waals surface area contributed by atoms with E-state index in [1.807, 2.05) is 20.8 Å². The van der Waals surface area contributed by atoms with Crippen LogP contribution in [-0.4, -0.2) is 28.6 Å². The summed E-state index contributed by atoms with van der Waals surface area (Å²) in [5.41, 5.74) is -0.249. The third-order valence-electron chi connectivity index (χ3n) is 1.48. The Bertz CT molecular complexity index is 159. The zero-order chi connectivity index (χ0) is 10.5. The van der Waals surface area contributed by atoms with Gasteiger partial charge < -0.3 is 13.3 Å². The number of rotatable bonds is 5. The lowest BCUT2D eigenvalue weighted by molar-refractivity contribution is 0.0187. The number of hydrogen-bond donors (Lipinski definition) is 0. The van der Waals surface area contributed by atoms with Crippen LogP contribution < -0.4 is 0 Å². The molecule has 78 valence electrons. The lowest BCUT2D eigenvalue weighted by Crippen LogP contribution is -2.48. The summed E-state index contributed by atoms with van der Waals surface area (Å²) < 4.78 is 16.4. The summed E-state index contributed by atoms with van der Waals surface area (Å²) in [5, 5.41) is 0. The zero-order valence-corrected chi connectivity index (χ0v) is 10.2. The van der Waals surface area contributed by atoms with E-state index in [4.69, 9.17) is 13.3 Å². The molecule has 0 fully saturated rings. The van der Waals surface area contributed by atoms with E-state index in [2.05, 4.69) is 6.58 Å². The Hall–Kier alpha value is -0.163. The fourth-order valence-corrected chi connectivity index (χ4v) is 3.05. The summed E-state index contributed by atoms with van der Waals surface area (Å²) in [4.78, 5) is 0. The monoisotopic (exact) mass is 204 g/mol. The molecule has 0 aliphatic heterocycles. The molecule has 0 aromatic heterocycles. The van der Waals surface area contributed by atoms with Gasteiger partial charge in [0, 0.05) is 20.3 Å². The molecule has 0 radical (unpaired) electrons. The topological polar surface area (TPSA) is 27.7 Å². The van der Waals surface area contributed by atoms with E-state index in [-0.39, 0.29) is 5.60 Å². The van der Waals surface area contributed by atoms with Gasteiger partial charge in [0.2, 0.25) is 0 Å². The maximum Gasteiger partial charge on any atom is 0.504 e. The molecule has 0 bridgehead atoms. The third-order valence-corrected chi connectivity index (χ3v) is 4.43. The van der Waals surface area contributed by atoms with Crippen LogP contribution in [0.2, 0.25) is 6.04 Å². The van der Waals surface area contributed by atoms with Crippen LogP contribution in [-0.2, 0) is 13.3 Å². The van der Waals surface area contributed by atoms with Crippen LogP contribution in [0.1, 0.15) is 20.8 Å². The van der Waals surface area contributed by atoms with E-state index in [1.165, 1.54) is 0 Å². The van der Waals surface area contributed by atoms with E-state index in [1.54, 1.807) is 20.3 Å². The van der Waals surface area contributed by atoms with Crippen molar-refractivity contribution in [3.63, 3.8) is 0 Å². The van der Waals surface area contributed by atoms with Gasteiger partial charge in [-0.15, -0.1) is 6.58 Å². The molecule has 0 atom stereocenters. The summed E-state index contributed by atoms with van der Waals surface area (Å²) in [6.45, 7) is 9.61. The zero-order valence-electron chi connectivity index (χ0n) is 9.22. The molecule has 0 aliphatic carbocycles. The summed E-state index contributed by atoms with van der Waals surface area (Å²) in [6, 6.07) is 0.636. The molecule has 0 rings (SSSR count). The van der Waals surface area contributed by atoms with Crippen LogP contribution in [0.3, 0.4) is 0 Å². The van der Waals surface area contributed by atoms with Crippen molar-refractivity contribution in [2.45, 2.75) is 32.4 Å². The number of allylic oxidation sites excluding steroid dienone is 1. The Morgan fingerprint density at radius 2 is 1.69 bits per heavy atom. The van der Waals surface area contributed by atoms with Crippen molar-refractivity contribution in [3.8, 4) is 0 Å². The summed E-state index contributed by atoms with van der Waals surface area (Å²) in [5.74, 6) is 0. The second kappa shape index (κ2) is 4.90. The van der Waals surface area contributed by atoms with Crippen molar-refractivity contribution >= 4 is 8.80 Å². The highest BCUT2D eigenvalue weighted by Gasteiger charge is 2.41. The fourth-order valence-electron chi connectivity index (χ4n) is 1.02. The highest BCUT2D eigenvalue weighted by Crippen LogP contribution is 2.21. The molecule has 0 N–H and O–H groups in total. The Kier molecular flexibility index (Phi) is 4.84. The van der Waals surface area contributed by atoms with Crippen LogP contribution >= 0.6 is 0 Å². The molecule has 0 aliphatic rings. The molecule has 0 heterocycles. The second-order valence-corrected chi connectivity index (χ2v) is 6.59. The van der Waals surface area contributed by atoms with E-state index in [9.17, 15) is 0 Å². The first-order chi connectivity index (χ1) is 5.89. The SMILES string of the molecule is C=CC[Si](OC)(OC)OC(C)(C)C. The normalized spacial score (nSPS) is 13.0. The van der Waals surface area contributed by atoms with Gasteiger partial charge in [-0.1, -0.05) is 6.08 Å². The van der Waals surface area contributed by atoms with Crippen LogP contribution in [0.25, 0.3) is 0 Å². The van der Waals surface area contributed by atoms with Gasteiger partial charge in [-0.3, -0.25) is 0 Å². The molecule has 0 amide bonds. The summed E-state index contributed by atoms with van der Waals surface area (Å²) in [7, 11) is 0.735. The molecule has 3 nitrogen and oxygen atoms in total. The van der Waals surface area contributed by atoms with Crippen LogP contribution in [0.5, 0.6) is 0 Å². The predicted molar refractivity (Wildman–Crippen MR) is 55.6 cm³/mol. The van der Waals surface area contributed by atoms with Crippen LogP contribution in [0.4, 0.5) is 0 Å². The minimum atomic E-state index is -2.50. The Balaban J connectivity index is 4.47. The lowest BCUT2D eigenvalue weighted by atomic mass is 10.2. The van der Waals surface area contributed by atoms with Crippen molar-refractivity contribution in [2.75, 3.05) is 14.2 Å². The van der Waals surface area contributed by atoms with Crippen molar-refractivity contribution in [2.24, 2.45) is 0 Å². The molecule has 0 saturated carbocycles. The minimum absolute atomic E-state index is 0.249. The Morgan fingerprint density at radius 3 is 1.92 bits per heavy atom. The van der Waals surface area contributed by atoms with Crippen molar-refractivity contribution < 1.29 is 13.3 Å². The van der Waals surface area contributed by atoms with E-state index >= 15 is 0 Å². The lowest BCUT2D eigenvalue weighted by Gasteiger charge is -2.32. The Labute approximate surface area is 82.1 Å². The average molecular weight is 204 g/mol. The predicted octanol–water partition coefficient (Wildman–Crippen LogP) is 2.22. The standard InChI is InChI=1S/C9H20O3Si/c1-7-8-13(10-5,11-6)12-9(2,3)4/h7H,1,8H2,2-6H3. The van der Waals surface area contributed by atoms with Gasteiger partial charge in [0.15, 0.2) is 0 Å². The highest BCUT2D eigenvalue weighted by molar-refractivity contribution is 6.61. The average Bonchev–Trinajstić information content (AvgIpc) is 2.01. The molecule has 0 spiro atoms. The highest BCUT2D eigenvalue weighted by atomic mass is 28.4. The van der Waals surface area contributed by atoms with E-state index in [0.29, 0.717) is 6.04 Å². The molecule has 0 saturated heterocycles. The minimum Gasteiger partial charge on any atom is -0.377 e. The molecule has 0 aromatic rings. The first-order valence-corrected chi connectivity index (χ1v) is 6.23. The first kappa shape index (κ1) is 12.8. The fraction of sp³-hybridized carbons (Fsp3) is 0.778. The molecule has 13 heavy (non-hydrogen) atoms. The third kappa shape index (κ3) is 4.57. The molecule has 0 aromatic carbocycles. The molecule has 0 unspecified atom stereocenters. The van der Waals surface area contributed by atoms with Crippen molar-refractivity contribution in [3.05, 3.63) is 12.7 Å². The quantitative estimate of drug-likeness (QED) is 0.507. The van der Waals surface area contributed by atoms with Crippen molar-refractivity contribution in [1.82, 2.24) is 0 Å². The van der Waals surface area contributed by atoms with Gasteiger partial charge >= 0.3 is 8.80 Å². The van der Waals surface area contributed by atoms with Gasteiger partial charge in [-0.25, -0.2) is 0 Å². The van der Waals surface area contributed by atoms with E-state index < -0.39 is 8.80 Å². The maximum absolute atomic E-state index is 5.79. The Morgan fingerprint density at radius 1 is 1.23 bits per heavy atom. The van der Waals surface area contributed by atoms with Gasteiger partial charge in [0.1, 0.15) is 0 Å². The van der Waals surface area contributed by atoms with Gasteiger partial charge in [-0.05, 0) is 20.8 Å². The molecule has 4 heteroatoms. The van der Waals surface area contributed by atoms with Gasteiger partial charge in [0.25, 0.3) is 0 Å². The molecular formula is C9H20O3Si. The van der Waals surface area contributed by atoms with Crippen molar-refractivity contribution in [1.29, 1.82) is 0 Å². The van der Waals surface area contributed by atoms with Crippen LogP contribution in [0.15, 0.2) is 12.7 Å². The summed E-state index contributed by atoms with van der Waals surface area (Å²) in [6.07, 6.45) is 1.77. The smallest absolute Gasteiger partial charge is 0.377 e. The van der Waals surface area contributed by atoms with E-state index in [0.717, 1.165) is 0 Å².